The molecule has 0 spiro atoms. The molecule has 3 aromatic rings. The molecule has 0 aromatic heterocycles. The summed E-state index contributed by atoms with van der Waals surface area (Å²) < 4.78 is 11.8. The van der Waals surface area contributed by atoms with Crippen LogP contribution in [0.4, 0.5) is 5.69 Å². The lowest BCUT2D eigenvalue weighted by Crippen LogP contribution is -2.30. The normalized spacial score (nSPS) is 11.6. The number of carbonyl (C=O) groups is 1. The molecule has 0 aliphatic carbocycles. The molecule has 4 heteroatoms. The first-order valence-electron chi connectivity index (χ1n) is 9.31. The number of hydrogen-bond acceptors (Lipinski definition) is 3. The van der Waals surface area contributed by atoms with Gasteiger partial charge in [0, 0.05) is 0 Å². The number of anilines is 1. The van der Waals surface area contributed by atoms with Crippen molar-refractivity contribution in [2.24, 2.45) is 0 Å². The lowest BCUT2D eigenvalue weighted by molar-refractivity contribution is -0.122. The molecule has 4 nitrogen and oxygen atoms in total. The van der Waals surface area contributed by atoms with Gasteiger partial charge >= 0.3 is 0 Å². The minimum absolute atomic E-state index is 0.234. The van der Waals surface area contributed by atoms with Gasteiger partial charge in [-0.05, 0) is 74.7 Å². The summed E-state index contributed by atoms with van der Waals surface area (Å²) in [6.07, 6.45) is -0.648. The Bertz CT molecular complexity index is 967. The van der Waals surface area contributed by atoms with Gasteiger partial charge in [0.15, 0.2) is 11.9 Å². The van der Waals surface area contributed by atoms with Gasteiger partial charge in [-0.3, -0.25) is 4.79 Å². The number of nitrogens with one attached hydrogen (secondary N) is 1. The Labute approximate surface area is 166 Å². The molecule has 0 unspecified atom stereocenters. The van der Waals surface area contributed by atoms with Crippen LogP contribution in [0.15, 0.2) is 66.7 Å². The summed E-state index contributed by atoms with van der Waals surface area (Å²) in [7, 11) is 0. The maximum Gasteiger partial charge on any atom is 0.265 e. The number of aryl methyl sites for hydroxylation is 2. The van der Waals surface area contributed by atoms with Crippen LogP contribution in [-0.4, -0.2) is 12.0 Å². The van der Waals surface area contributed by atoms with E-state index in [1.54, 1.807) is 6.92 Å². The number of benzene rings is 3. The first kappa shape index (κ1) is 19.5. The number of para-hydroxylation sites is 3. The molecule has 0 bridgehead atoms. The summed E-state index contributed by atoms with van der Waals surface area (Å²) in [4.78, 5) is 12.7. The summed E-state index contributed by atoms with van der Waals surface area (Å²) in [5.74, 6) is 1.79. The Morgan fingerprint density at radius 1 is 0.893 bits per heavy atom. The third-order valence-corrected chi connectivity index (χ3v) is 4.55. The van der Waals surface area contributed by atoms with Crippen LogP contribution in [0, 0.1) is 20.8 Å². The van der Waals surface area contributed by atoms with Crippen LogP contribution in [0.2, 0.25) is 0 Å². The fourth-order valence-electron chi connectivity index (χ4n) is 2.88. The van der Waals surface area contributed by atoms with Gasteiger partial charge in [0.05, 0.1) is 5.69 Å². The van der Waals surface area contributed by atoms with E-state index in [9.17, 15) is 4.79 Å². The first-order chi connectivity index (χ1) is 13.4. The summed E-state index contributed by atoms with van der Waals surface area (Å²) in [5, 5.41) is 2.91. The van der Waals surface area contributed by atoms with Crippen molar-refractivity contribution >= 4 is 11.6 Å². The molecule has 0 aliphatic rings. The smallest absolute Gasteiger partial charge is 0.265 e. The second kappa shape index (κ2) is 8.61. The van der Waals surface area contributed by atoms with Gasteiger partial charge in [0.1, 0.15) is 11.5 Å². The maximum atomic E-state index is 12.7. The quantitative estimate of drug-likeness (QED) is 0.591. The lowest BCUT2D eigenvalue weighted by Gasteiger charge is -2.19. The molecule has 0 fully saturated rings. The minimum atomic E-state index is -0.648. The van der Waals surface area contributed by atoms with Gasteiger partial charge < -0.3 is 14.8 Å². The van der Waals surface area contributed by atoms with Crippen LogP contribution in [0.5, 0.6) is 17.2 Å². The third-order valence-electron chi connectivity index (χ3n) is 4.55. The lowest BCUT2D eigenvalue weighted by atomic mass is 10.1. The molecule has 3 rings (SSSR count). The van der Waals surface area contributed by atoms with Crippen molar-refractivity contribution in [1.29, 1.82) is 0 Å². The summed E-state index contributed by atoms with van der Waals surface area (Å²) >= 11 is 0. The fourth-order valence-corrected chi connectivity index (χ4v) is 2.88. The molecular weight excluding hydrogens is 350 g/mol. The Balaban J connectivity index is 1.73. The van der Waals surface area contributed by atoms with Crippen LogP contribution in [-0.2, 0) is 4.79 Å². The van der Waals surface area contributed by atoms with Gasteiger partial charge in [-0.2, -0.15) is 0 Å². The van der Waals surface area contributed by atoms with Gasteiger partial charge in [-0.1, -0.05) is 36.4 Å². The Morgan fingerprint density at radius 3 is 2.32 bits per heavy atom. The molecule has 0 saturated carbocycles. The molecule has 1 amide bonds. The number of hydrogen-bond donors (Lipinski definition) is 1. The number of amides is 1. The molecule has 0 saturated heterocycles. The van der Waals surface area contributed by atoms with Gasteiger partial charge in [-0.15, -0.1) is 0 Å². The molecule has 0 aliphatic heterocycles. The van der Waals surface area contributed by atoms with Crippen molar-refractivity contribution in [1.82, 2.24) is 0 Å². The predicted octanol–water partition coefficient (Wildman–Crippen LogP) is 5.81. The van der Waals surface area contributed by atoms with Crippen LogP contribution in [0.3, 0.4) is 0 Å². The second-order valence-electron chi connectivity index (χ2n) is 6.87. The standard InChI is InChI=1S/C24H25NO3/c1-16-14-17(2)18(3)23(15-16)27-19(4)24(26)25-21-12-8-9-13-22(21)28-20-10-6-5-7-11-20/h5-15,19H,1-4H3,(H,25,26)/t19-/m1/s1. The van der Waals surface area contributed by atoms with Crippen molar-refractivity contribution in [2.45, 2.75) is 33.8 Å². The topological polar surface area (TPSA) is 47.6 Å². The summed E-state index contributed by atoms with van der Waals surface area (Å²) in [6.45, 7) is 7.79. The fraction of sp³-hybridized carbons (Fsp3) is 0.208. The van der Waals surface area contributed by atoms with Crippen LogP contribution < -0.4 is 14.8 Å². The van der Waals surface area contributed by atoms with Gasteiger partial charge in [0.25, 0.3) is 5.91 Å². The van der Waals surface area contributed by atoms with E-state index in [2.05, 4.69) is 11.4 Å². The second-order valence-corrected chi connectivity index (χ2v) is 6.87. The zero-order chi connectivity index (χ0) is 20.1. The molecule has 0 radical (unpaired) electrons. The maximum absolute atomic E-state index is 12.7. The van der Waals surface area contributed by atoms with Crippen LogP contribution in [0.25, 0.3) is 0 Å². The van der Waals surface area contributed by atoms with E-state index in [-0.39, 0.29) is 5.91 Å². The molecule has 1 atom stereocenters. The highest BCUT2D eigenvalue weighted by molar-refractivity contribution is 5.95. The highest BCUT2D eigenvalue weighted by Gasteiger charge is 2.18. The first-order valence-corrected chi connectivity index (χ1v) is 9.31. The molecule has 3 aromatic carbocycles. The van der Waals surface area contributed by atoms with E-state index in [4.69, 9.17) is 9.47 Å². The van der Waals surface area contributed by atoms with E-state index >= 15 is 0 Å². The average Bonchev–Trinajstić information content (AvgIpc) is 2.68. The highest BCUT2D eigenvalue weighted by atomic mass is 16.5. The molecular formula is C24H25NO3. The van der Waals surface area contributed by atoms with Crippen molar-refractivity contribution in [3.63, 3.8) is 0 Å². The molecule has 144 valence electrons. The van der Waals surface area contributed by atoms with Gasteiger partial charge in [-0.25, -0.2) is 0 Å². The third kappa shape index (κ3) is 4.71. The van der Waals surface area contributed by atoms with Crippen molar-refractivity contribution in [3.8, 4) is 17.2 Å². The Hall–Kier alpha value is -3.27. The van der Waals surface area contributed by atoms with E-state index in [0.29, 0.717) is 17.2 Å². The van der Waals surface area contributed by atoms with Crippen LogP contribution in [0.1, 0.15) is 23.6 Å². The van der Waals surface area contributed by atoms with Gasteiger partial charge in [0.2, 0.25) is 0 Å². The highest BCUT2D eigenvalue weighted by Crippen LogP contribution is 2.30. The minimum Gasteiger partial charge on any atom is -0.481 e. The summed E-state index contributed by atoms with van der Waals surface area (Å²) in [6, 6.07) is 20.9. The Morgan fingerprint density at radius 2 is 1.57 bits per heavy atom. The zero-order valence-corrected chi connectivity index (χ0v) is 16.7. The summed E-state index contributed by atoms with van der Waals surface area (Å²) in [5.41, 5.74) is 3.89. The van der Waals surface area contributed by atoms with E-state index in [1.165, 1.54) is 0 Å². The van der Waals surface area contributed by atoms with Crippen molar-refractivity contribution in [2.75, 3.05) is 5.32 Å². The number of rotatable bonds is 6. The predicted molar refractivity (Wildman–Crippen MR) is 112 cm³/mol. The molecule has 28 heavy (non-hydrogen) atoms. The van der Waals surface area contributed by atoms with E-state index in [1.807, 2.05) is 81.4 Å². The SMILES string of the molecule is Cc1cc(C)c(C)c(O[C@H](C)C(=O)Nc2ccccc2Oc2ccccc2)c1. The average molecular weight is 375 g/mol. The van der Waals surface area contributed by atoms with Crippen molar-refractivity contribution in [3.05, 3.63) is 83.4 Å². The molecule has 0 heterocycles. The monoisotopic (exact) mass is 375 g/mol. The van der Waals surface area contributed by atoms with E-state index < -0.39 is 6.10 Å². The number of carbonyl (C=O) groups excluding carboxylic acids is 1. The Kier molecular flexibility index (Phi) is 5.99. The van der Waals surface area contributed by atoms with Crippen LogP contribution >= 0.6 is 0 Å². The van der Waals surface area contributed by atoms with Crippen molar-refractivity contribution < 1.29 is 14.3 Å². The molecule has 1 N–H and O–H groups in total. The van der Waals surface area contributed by atoms with E-state index in [0.717, 1.165) is 22.4 Å². The largest absolute Gasteiger partial charge is 0.481 e. The number of ether oxygens (including phenoxy) is 2. The zero-order valence-electron chi connectivity index (χ0n) is 16.7.